The van der Waals surface area contributed by atoms with E-state index in [-0.39, 0.29) is 5.91 Å². The van der Waals surface area contributed by atoms with Gasteiger partial charge in [-0.3, -0.25) is 15.0 Å². The molecule has 3 N–H and O–H groups in total. The number of rotatable bonds is 4. The van der Waals surface area contributed by atoms with Gasteiger partial charge < -0.3 is 5.32 Å². The zero-order chi connectivity index (χ0) is 13.1. The van der Waals surface area contributed by atoms with Gasteiger partial charge in [0.05, 0.1) is 0 Å². The van der Waals surface area contributed by atoms with E-state index in [1.54, 1.807) is 12.1 Å². The van der Waals surface area contributed by atoms with Crippen molar-refractivity contribution in [1.29, 1.82) is 0 Å². The Morgan fingerprint density at radius 1 is 1.33 bits per heavy atom. The van der Waals surface area contributed by atoms with Gasteiger partial charge in [0.2, 0.25) is 0 Å². The molecule has 2 heterocycles. The highest BCUT2D eigenvalue weighted by Gasteiger charge is 2.12. The van der Waals surface area contributed by atoms with Crippen LogP contribution in [-0.4, -0.2) is 26.3 Å². The van der Waals surface area contributed by atoms with Crippen molar-refractivity contribution < 1.29 is 4.79 Å². The minimum absolute atomic E-state index is 0.257. The first-order chi connectivity index (χ1) is 8.54. The van der Waals surface area contributed by atoms with Crippen LogP contribution in [0.3, 0.4) is 0 Å². The molecule has 0 aliphatic heterocycles. The van der Waals surface area contributed by atoms with E-state index >= 15 is 0 Å². The van der Waals surface area contributed by atoms with E-state index in [1.165, 1.54) is 0 Å². The van der Waals surface area contributed by atoms with Crippen LogP contribution in [-0.2, 0) is 6.42 Å². The summed E-state index contributed by atoms with van der Waals surface area (Å²) in [4.78, 5) is 11.9. The SMILES string of the molecule is Cc1cc(NC(=O)c2cc(CC(C)C)[nH]n2)n[nH]1. The molecule has 0 saturated heterocycles. The molecule has 0 aliphatic rings. The number of aromatic nitrogens is 4. The molecule has 0 radical (unpaired) electrons. The average Bonchev–Trinajstić information content (AvgIpc) is 2.87. The molecular formula is C12H17N5O. The number of carbonyl (C=O) groups is 1. The number of nitrogens with zero attached hydrogens (tertiary/aromatic N) is 2. The maximum atomic E-state index is 11.9. The lowest BCUT2D eigenvalue weighted by atomic mass is 10.1. The molecule has 18 heavy (non-hydrogen) atoms. The van der Waals surface area contributed by atoms with Crippen molar-refractivity contribution in [3.8, 4) is 0 Å². The topological polar surface area (TPSA) is 86.5 Å². The fourth-order valence-corrected chi connectivity index (χ4v) is 1.68. The molecule has 0 fully saturated rings. The molecule has 0 bridgehead atoms. The lowest BCUT2D eigenvalue weighted by Gasteiger charge is -1.99. The van der Waals surface area contributed by atoms with Crippen LogP contribution in [0.5, 0.6) is 0 Å². The lowest BCUT2D eigenvalue weighted by Crippen LogP contribution is -2.12. The number of anilines is 1. The fourth-order valence-electron chi connectivity index (χ4n) is 1.68. The number of H-pyrrole nitrogens is 2. The summed E-state index contributed by atoms with van der Waals surface area (Å²) in [6.07, 6.45) is 0.877. The van der Waals surface area contributed by atoms with E-state index < -0.39 is 0 Å². The zero-order valence-electron chi connectivity index (χ0n) is 10.7. The van der Waals surface area contributed by atoms with E-state index in [0.717, 1.165) is 17.8 Å². The molecule has 6 nitrogen and oxygen atoms in total. The van der Waals surface area contributed by atoms with Gasteiger partial charge in [-0.25, -0.2) is 0 Å². The standard InChI is InChI=1S/C12H17N5O/c1-7(2)4-9-6-10(16-15-9)12(18)13-11-5-8(3)14-17-11/h5-7H,4H2,1-3H3,(H,15,16)(H2,13,14,17,18). The van der Waals surface area contributed by atoms with Crippen molar-refractivity contribution in [3.05, 3.63) is 29.2 Å². The Hall–Kier alpha value is -2.11. The highest BCUT2D eigenvalue weighted by molar-refractivity contribution is 6.02. The first-order valence-corrected chi connectivity index (χ1v) is 5.92. The van der Waals surface area contributed by atoms with Gasteiger partial charge in [-0.1, -0.05) is 13.8 Å². The Morgan fingerprint density at radius 2 is 2.11 bits per heavy atom. The number of hydrogen-bond donors (Lipinski definition) is 3. The summed E-state index contributed by atoms with van der Waals surface area (Å²) in [6, 6.07) is 3.54. The quantitative estimate of drug-likeness (QED) is 0.771. The smallest absolute Gasteiger partial charge is 0.277 e. The van der Waals surface area contributed by atoms with Crippen molar-refractivity contribution in [2.24, 2.45) is 5.92 Å². The third-order valence-electron chi connectivity index (χ3n) is 2.44. The first kappa shape index (κ1) is 12.3. The number of aromatic amines is 2. The molecule has 2 rings (SSSR count). The van der Waals surface area contributed by atoms with E-state index in [9.17, 15) is 4.79 Å². The predicted molar refractivity (Wildman–Crippen MR) is 68.4 cm³/mol. The van der Waals surface area contributed by atoms with Gasteiger partial charge >= 0.3 is 0 Å². The Morgan fingerprint density at radius 3 is 2.72 bits per heavy atom. The maximum Gasteiger partial charge on any atom is 0.277 e. The zero-order valence-corrected chi connectivity index (χ0v) is 10.7. The molecule has 0 saturated carbocycles. The highest BCUT2D eigenvalue weighted by Crippen LogP contribution is 2.09. The second-order valence-electron chi connectivity index (χ2n) is 4.77. The van der Waals surface area contributed by atoms with Crippen molar-refractivity contribution in [1.82, 2.24) is 20.4 Å². The van der Waals surface area contributed by atoms with Crippen LogP contribution < -0.4 is 5.32 Å². The molecule has 2 aromatic heterocycles. The summed E-state index contributed by atoms with van der Waals surface area (Å²) in [6.45, 7) is 6.11. The van der Waals surface area contributed by atoms with Gasteiger partial charge in [0, 0.05) is 17.5 Å². The Kier molecular flexibility index (Phi) is 3.45. The Balaban J connectivity index is 2.02. The van der Waals surface area contributed by atoms with Crippen LogP contribution in [0, 0.1) is 12.8 Å². The van der Waals surface area contributed by atoms with Gasteiger partial charge in [0.1, 0.15) is 0 Å². The summed E-state index contributed by atoms with van der Waals surface area (Å²) < 4.78 is 0. The Bertz CT molecular complexity index is 540. The maximum absolute atomic E-state index is 11.9. The van der Waals surface area contributed by atoms with Gasteiger partial charge in [-0.15, -0.1) is 0 Å². The van der Waals surface area contributed by atoms with E-state index in [1.807, 2.05) is 6.92 Å². The summed E-state index contributed by atoms with van der Waals surface area (Å²) in [5.41, 5.74) is 2.24. The Labute approximate surface area is 105 Å². The minimum atomic E-state index is -0.257. The highest BCUT2D eigenvalue weighted by atomic mass is 16.2. The predicted octanol–water partition coefficient (Wildman–Crippen LogP) is 1.89. The van der Waals surface area contributed by atoms with Crippen molar-refractivity contribution in [2.75, 3.05) is 5.32 Å². The number of hydrogen-bond acceptors (Lipinski definition) is 3. The minimum Gasteiger partial charge on any atom is -0.304 e. The van der Waals surface area contributed by atoms with Gasteiger partial charge in [0.15, 0.2) is 11.5 Å². The van der Waals surface area contributed by atoms with Gasteiger partial charge in [0.25, 0.3) is 5.91 Å². The van der Waals surface area contributed by atoms with E-state index in [2.05, 4.69) is 39.6 Å². The first-order valence-electron chi connectivity index (χ1n) is 5.92. The van der Waals surface area contributed by atoms with E-state index in [4.69, 9.17) is 0 Å². The number of nitrogens with one attached hydrogen (secondary N) is 3. The van der Waals surface area contributed by atoms with Gasteiger partial charge in [-0.05, 0) is 25.3 Å². The van der Waals surface area contributed by atoms with Crippen LogP contribution in [0.4, 0.5) is 5.82 Å². The van der Waals surface area contributed by atoms with Crippen LogP contribution in [0.2, 0.25) is 0 Å². The summed E-state index contributed by atoms with van der Waals surface area (Å²) in [5.74, 6) is 0.772. The van der Waals surface area contributed by atoms with Crippen LogP contribution in [0.25, 0.3) is 0 Å². The van der Waals surface area contributed by atoms with Crippen LogP contribution in [0.15, 0.2) is 12.1 Å². The third kappa shape index (κ3) is 2.97. The number of aryl methyl sites for hydroxylation is 1. The normalized spacial score (nSPS) is 10.9. The largest absolute Gasteiger partial charge is 0.304 e. The molecule has 0 unspecified atom stereocenters. The fraction of sp³-hybridized carbons (Fsp3) is 0.417. The van der Waals surface area contributed by atoms with Crippen molar-refractivity contribution in [3.63, 3.8) is 0 Å². The third-order valence-corrected chi connectivity index (χ3v) is 2.44. The van der Waals surface area contributed by atoms with E-state index in [0.29, 0.717) is 17.4 Å². The summed E-state index contributed by atoms with van der Waals surface area (Å²) in [5, 5.41) is 16.3. The lowest BCUT2D eigenvalue weighted by molar-refractivity contribution is 0.102. The molecule has 1 amide bonds. The van der Waals surface area contributed by atoms with Crippen LogP contribution in [0.1, 0.15) is 35.7 Å². The molecule has 2 aromatic rings. The van der Waals surface area contributed by atoms with Crippen molar-refractivity contribution in [2.45, 2.75) is 27.2 Å². The summed E-state index contributed by atoms with van der Waals surface area (Å²) in [7, 11) is 0. The van der Waals surface area contributed by atoms with Gasteiger partial charge in [-0.2, -0.15) is 10.2 Å². The summed E-state index contributed by atoms with van der Waals surface area (Å²) >= 11 is 0. The molecule has 6 heteroatoms. The second-order valence-corrected chi connectivity index (χ2v) is 4.77. The average molecular weight is 247 g/mol. The molecule has 0 aromatic carbocycles. The molecule has 96 valence electrons. The molecule has 0 aliphatic carbocycles. The molecular weight excluding hydrogens is 230 g/mol. The monoisotopic (exact) mass is 247 g/mol. The number of amides is 1. The van der Waals surface area contributed by atoms with Crippen LogP contribution >= 0.6 is 0 Å². The molecule has 0 atom stereocenters. The molecule has 0 spiro atoms. The van der Waals surface area contributed by atoms with Crippen molar-refractivity contribution >= 4 is 11.7 Å². The number of carbonyl (C=O) groups excluding carboxylic acids is 1. The second kappa shape index (κ2) is 5.03.